The number of anilines is 1. The number of benzene rings is 1. The predicted octanol–water partition coefficient (Wildman–Crippen LogP) is 2.50. The third-order valence-corrected chi connectivity index (χ3v) is 4.01. The predicted molar refractivity (Wildman–Crippen MR) is 84.7 cm³/mol. The molecule has 0 aromatic heterocycles. The fourth-order valence-electron chi connectivity index (χ4n) is 2.86. The third kappa shape index (κ3) is 3.13. The SMILES string of the molecule is CC(=O)NC[C@H]1CN(c2ccc3c(c2)CCCC=C3)C(=O)O1. The van der Waals surface area contributed by atoms with Crippen LogP contribution in [0.3, 0.4) is 0 Å². The van der Waals surface area contributed by atoms with Gasteiger partial charge in [-0.1, -0.05) is 18.2 Å². The topological polar surface area (TPSA) is 58.6 Å². The van der Waals surface area contributed by atoms with Gasteiger partial charge < -0.3 is 10.1 Å². The first-order valence-electron chi connectivity index (χ1n) is 7.65. The molecule has 0 unspecified atom stereocenters. The number of carbonyl (C=O) groups excluding carboxylic acids is 2. The van der Waals surface area contributed by atoms with E-state index < -0.39 is 0 Å². The molecule has 0 radical (unpaired) electrons. The Morgan fingerprint density at radius 2 is 2.32 bits per heavy atom. The zero-order valence-electron chi connectivity index (χ0n) is 12.7. The van der Waals surface area contributed by atoms with Crippen LogP contribution in [0.15, 0.2) is 24.3 Å². The molecule has 2 amide bonds. The zero-order valence-corrected chi connectivity index (χ0v) is 12.7. The Morgan fingerprint density at radius 1 is 1.45 bits per heavy atom. The number of cyclic esters (lactones) is 1. The molecule has 0 saturated carbocycles. The maximum absolute atomic E-state index is 12.0. The molecule has 1 saturated heterocycles. The highest BCUT2D eigenvalue weighted by molar-refractivity contribution is 5.90. The van der Waals surface area contributed by atoms with E-state index in [2.05, 4.69) is 29.6 Å². The number of hydrogen-bond acceptors (Lipinski definition) is 3. The molecule has 116 valence electrons. The van der Waals surface area contributed by atoms with Crippen molar-refractivity contribution in [3.8, 4) is 0 Å². The molecule has 1 aliphatic heterocycles. The molecule has 1 aromatic carbocycles. The van der Waals surface area contributed by atoms with Crippen molar-refractivity contribution >= 4 is 23.8 Å². The van der Waals surface area contributed by atoms with Gasteiger partial charge in [-0.3, -0.25) is 9.69 Å². The van der Waals surface area contributed by atoms with Gasteiger partial charge in [-0.25, -0.2) is 4.79 Å². The van der Waals surface area contributed by atoms with Gasteiger partial charge >= 0.3 is 6.09 Å². The Balaban J connectivity index is 1.74. The van der Waals surface area contributed by atoms with Crippen LogP contribution in [0.2, 0.25) is 0 Å². The van der Waals surface area contributed by atoms with Crippen molar-refractivity contribution in [2.75, 3.05) is 18.0 Å². The Kier molecular flexibility index (Phi) is 4.13. The van der Waals surface area contributed by atoms with Gasteiger partial charge in [0.05, 0.1) is 13.1 Å². The van der Waals surface area contributed by atoms with Gasteiger partial charge in [-0.05, 0) is 42.5 Å². The van der Waals surface area contributed by atoms with Crippen molar-refractivity contribution < 1.29 is 14.3 Å². The highest BCUT2D eigenvalue weighted by Gasteiger charge is 2.32. The van der Waals surface area contributed by atoms with Crippen molar-refractivity contribution in [2.45, 2.75) is 32.3 Å². The smallest absolute Gasteiger partial charge is 0.414 e. The van der Waals surface area contributed by atoms with Crippen LogP contribution >= 0.6 is 0 Å². The summed E-state index contributed by atoms with van der Waals surface area (Å²) in [5.41, 5.74) is 3.36. The van der Waals surface area contributed by atoms with Crippen molar-refractivity contribution in [1.82, 2.24) is 5.32 Å². The third-order valence-electron chi connectivity index (χ3n) is 4.01. The van der Waals surface area contributed by atoms with Gasteiger partial charge in [0.2, 0.25) is 5.91 Å². The second kappa shape index (κ2) is 6.22. The first-order valence-corrected chi connectivity index (χ1v) is 7.65. The summed E-state index contributed by atoms with van der Waals surface area (Å²) in [7, 11) is 0. The molecular weight excluding hydrogens is 280 g/mol. The van der Waals surface area contributed by atoms with Crippen molar-refractivity contribution in [3.05, 3.63) is 35.4 Å². The molecule has 5 nitrogen and oxygen atoms in total. The summed E-state index contributed by atoms with van der Waals surface area (Å²) in [6.07, 6.45) is 6.94. The van der Waals surface area contributed by atoms with Crippen LogP contribution in [-0.4, -0.2) is 31.2 Å². The minimum Gasteiger partial charge on any atom is -0.442 e. The number of nitrogens with zero attached hydrogens (tertiary/aromatic N) is 1. The number of fused-ring (bicyclic) bond motifs is 1. The molecule has 1 aromatic rings. The number of carbonyl (C=O) groups is 2. The van der Waals surface area contributed by atoms with Crippen LogP contribution in [0.4, 0.5) is 10.5 Å². The number of allylic oxidation sites excluding steroid dienone is 1. The van der Waals surface area contributed by atoms with E-state index in [1.165, 1.54) is 18.1 Å². The Hall–Kier alpha value is -2.30. The average molecular weight is 300 g/mol. The van der Waals surface area contributed by atoms with Gasteiger partial charge in [0.15, 0.2) is 0 Å². The van der Waals surface area contributed by atoms with Gasteiger partial charge in [-0.15, -0.1) is 0 Å². The first kappa shape index (κ1) is 14.6. The van der Waals surface area contributed by atoms with Crippen molar-refractivity contribution in [2.24, 2.45) is 0 Å². The maximum Gasteiger partial charge on any atom is 0.414 e. The zero-order chi connectivity index (χ0) is 15.5. The van der Waals surface area contributed by atoms with Gasteiger partial charge in [0.1, 0.15) is 6.10 Å². The van der Waals surface area contributed by atoms with Crippen LogP contribution in [0, 0.1) is 0 Å². The van der Waals surface area contributed by atoms with Crippen LogP contribution in [-0.2, 0) is 16.0 Å². The highest BCUT2D eigenvalue weighted by Crippen LogP contribution is 2.27. The van der Waals surface area contributed by atoms with E-state index in [9.17, 15) is 9.59 Å². The van der Waals surface area contributed by atoms with E-state index in [1.807, 2.05) is 6.07 Å². The molecule has 1 atom stereocenters. The van der Waals surface area contributed by atoms with E-state index in [1.54, 1.807) is 4.90 Å². The molecule has 22 heavy (non-hydrogen) atoms. The van der Waals surface area contributed by atoms with Crippen LogP contribution in [0.1, 0.15) is 30.9 Å². The lowest BCUT2D eigenvalue weighted by atomic mass is 10.0. The summed E-state index contributed by atoms with van der Waals surface area (Å²) in [5.74, 6) is -0.119. The van der Waals surface area contributed by atoms with E-state index >= 15 is 0 Å². The molecule has 1 heterocycles. The van der Waals surface area contributed by atoms with Crippen LogP contribution in [0.5, 0.6) is 0 Å². The number of amides is 2. The molecule has 1 N–H and O–H groups in total. The standard InChI is InChI=1S/C17H20N2O3/c1-12(20)18-10-16-11-19(17(21)22-16)15-8-7-13-5-3-2-4-6-14(13)9-15/h3,5,7-9,16H,2,4,6,10-11H2,1H3,(H,18,20)/t16-/m0/s1. The molecule has 0 spiro atoms. The number of ether oxygens (including phenoxy) is 1. The second-order valence-corrected chi connectivity index (χ2v) is 5.73. The lowest BCUT2D eigenvalue weighted by molar-refractivity contribution is -0.119. The fourth-order valence-corrected chi connectivity index (χ4v) is 2.86. The van der Waals surface area contributed by atoms with E-state index in [-0.39, 0.29) is 18.1 Å². The Labute approximate surface area is 129 Å². The van der Waals surface area contributed by atoms with E-state index in [0.717, 1.165) is 24.9 Å². The van der Waals surface area contributed by atoms with Crippen LogP contribution < -0.4 is 10.2 Å². The van der Waals surface area contributed by atoms with E-state index in [0.29, 0.717) is 13.1 Å². The number of hydrogen-bond donors (Lipinski definition) is 1. The molecule has 5 heteroatoms. The lowest BCUT2D eigenvalue weighted by Crippen LogP contribution is -2.33. The summed E-state index contributed by atoms with van der Waals surface area (Å²) in [4.78, 5) is 24.6. The minimum atomic E-state index is -0.348. The molecule has 1 aliphatic carbocycles. The lowest BCUT2D eigenvalue weighted by Gasteiger charge is -2.15. The quantitative estimate of drug-likeness (QED) is 0.933. The molecule has 3 rings (SSSR count). The average Bonchev–Trinajstić information content (AvgIpc) is 2.71. The summed E-state index contributed by atoms with van der Waals surface area (Å²) >= 11 is 0. The summed E-state index contributed by atoms with van der Waals surface area (Å²) in [6, 6.07) is 6.09. The van der Waals surface area contributed by atoms with Gasteiger partial charge in [0.25, 0.3) is 0 Å². The molecule has 0 bridgehead atoms. The highest BCUT2D eigenvalue weighted by atomic mass is 16.6. The Morgan fingerprint density at radius 3 is 3.14 bits per heavy atom. The van der Waals surface area contributed by atoms with E-state index in [4.69, 9.17) is 4.74 Å². The minimum absolute atomic E-state index is 0.119. The van der Waals surface area contributed by atoms with Gasteiger partial charge in [0, 0.05) is 12.6 Å². The number of aryl methyl sites for hydroxylation is 1. The summed E-state index contributed by atoms with van der Waals surface area (Å²) in [5, 5.41) is 2.69. The molecular formula is C17H20N2O3. The monoisotopic (exact) mass is 300 g/mol. The Bertz CT molecular complexity index is 624. The number of rotatable bonds is 3. The maximum atomic E-state index is 12.0. The molecule has 2 aliphatic rings. The van der Waals surface area contributed by atoms with Crippen molar-refractivity contribution in [3.63, 3.8) is 0 Å². The summed E-state index contributed by atoms with van der Waals surface area (Å²) in [6.45, 7) is 2.27. The largest absolute Gasteiger partial charge is 0.442 e. The fraction of sp³-hybridized carbons (Fsp3) is 0.412. The van der Waals surface area contributed by atoms with Crippen molar-refractivity contribution in [1.29, 1.82) is 0 Å². The van der Waals surface area contributed by atoms with Crippen LogP contribution in [0.25, 0.3) is 6.08 Å². The first-order chi connectivity index (χ1) is 10.6. The number of nitrogens with one attached hydrogen (secondary N) is 1. The summed E-state index contributed by atoms with van der Waals surface area (Å²) < 4.78 is 5.31. The normalized spacial score (nSPS) is 20.3. The van der Waals surface area contributed by atoms with Gasteiger partial charge in [-0.2, -0.15) is 0 Å². The molecule has 1 fully saturated rings. The second-order valence-electron chi connectivity index (χ2n) is 5.73.